The minimum atomic E-state index is -1.34. The minimum absolute atomic E-state index is 0.0775. The second kappa shape index (κ2) is 8.66. The van der Waals surface area contributed by atoms with Crippen LogP contribution in [0.25, 0.3) is 0 Å². The van der Waals surface area contributed by atoms with Crippen molar-refractivity contribution in [3.8, 4) is 5.75 Å². The number of aliphatic carboxylic acids is 1. The van der Waals surface area contributed by atoms with Gasteiger partial charge in [0, 0.05) is 19.8 Å². The maximum absolute atomic E-state index is 11.6. The molecule has 0 aliphatic carbocycles. The van der Waals surface area contributed by atoms with E-state index >= 15 is 0 Å². The molecule has 0 bridgehead atoms. The van der Waals surface area contributed by atoms with E-state index < -0.39 is 24.0 Å². The molecule has 0 saturated heterocycles. The number of carboxylic acid groups (broad SMARTS) is 1. The van der Waals surface area contributed by atoms with E-state index in [0.717, 1.165) is 12.5 Å². The number of hydrogen-bond acceptors (Lipinski definition) is 6. The van der Waals surface area contributed by atoms with Crippen LogP contribution in [0.15, 0.2) is 24.3 Å². The third-order valence-electron chi connectivity index (χ3n) is 2.75. The summed E-state index contributed by atoms with van der Waals surface area (Å²) in [7, 11) is 1.55. The van der Waals surface area contributed by atoms with E-state index in [-0.39, 0.29) is 19.4 Å². The number of methoxy groups -OCH3 is 1. The van der Waals surface area contributed by atoms with Crippen molar-refractivity contribution < 1.29 is 33.7 Å². The van der Waals surface area contributed by atoms with E-state index in [4.69, 9.17) is 14.6 Å². The fourth-order valence-electron chi connectivity index (χ4n) is 1.64. The third-order valence-corrected chi connectivity index (χ3v) is 2.75. The van der Waals surface area contributed by atoms with E-state index in [1.165, 1.54) is 0 Å². The summed E-state index contributed by atoms with van der Waals surface area (Å²) < 4.78 is 14.6. The maximum Gasteiger partial charge on any atom is 0.345 e. The highest BCUT2D eigenvalue weighted by molar-refractivity contribution is 5.78. The molecule has 7 heteroatoms. The predicted octanol–water partition coefficient (Wildman–Crippen LogP) is 1.53. The van der Waals surface area contributed by atoms with Gasteiger partial charge >= 0.3 is 17.9 Å². The van der Waals surface area contributed by atoms with E-state index in [9.17, 15) is 14.4 Å². The van der Waals surface area contributed by atoms with Crippen LogP contribution < -0.4 is 4.74 Å². The quantitative estimate of drug-likeness (QED) is 0.727. The number of carbonyl (C=O) groups is 3. The lowest BCUT2D eigenvalue weighted by molar-refractivity contribution is -0.164. The first-order chi connectivity index (χ1) is 10.4. The average Bonchev–Trinajstić information content (AvgIpc) is 2.49. The molecule has 0 fully saturated rings. The van der Waals surface area contributed by atoms with Crippen LogP contribution in [-0.4, -0.2) is 36.2 Å². The molecule has 22 heavy (non-hydrogen) atoms. The molecule has 0 saturated carbocycles. The molecule has 0 heterocycles. The zero-order valence-corrected chi connectivity index (χ0v) is 12.4. The van der Waals surface area contributed by atoms with Gasteiger partial charge in [-0.1, -0.05) is 12.1 Å². The number of rotatable bonds is 8. The van der Waals surface area contributed by atoms with Gasteiger partial charge in [0.1, 0.15) is 12.4 Å². The summed E-state index contributed by atoms with van der Waals surface area (Å²) in [6, 6.07) is 6.99. The second-order valence-corrected chi connectivity index (χ2v) is 4.48. The molecule has 0 aliphatic heterocycles. The lowest BCUT2D eigenvalue weighted by Crippen LogP contribution is -2.27. The van der Waals surface area contributed by atoms with Gasteiger partial charge in [-0.15, -0.1) is 0 Å². The number of ether oxygens (including phenoxy) is 3. The monoisotopic (exact) mass is 310 g/mol. The lowest BCUT2D eigenvalue weighted by atomic mass is 10.2. The van der Waals surface area contributed by atoms with Crippen LogP contribution in [0.1, 0.15) is 25.3 Å². The van der Waals surface area contributed by atoms with Crippen LogP contribution >= 0.6 is 0 Å². The van der Waals surface area contributed by atoms with Crippen molar-refractivity contribution >= 4 is 17.9 Å². The molecule has 0 amide bonds. The zero-order chi connectivity index (χ0) is 16.5. The SMILES string of the molecule is COc1ccc(COC(=O)CCC(OC(C)=O)C(=O)O)cc1. The molecule has 0 radical (unpaired) electrons. The molecule has 1 unspecified atom stereocenters. The number of carbonyl (C=O) groups excluding carboxylic acids is 2. The molecule has 0 aromatic heterocycles. The van der Waals surface area contributed by atoms with Gasteiger partial charge in [-0.2, -0.15) is 0 Å². The molecule has 7 nitrogen and oxygen atoms in total. The Balaban J connectivity index is 2.38. The van der Waals surface area contributed by atoms with E-state index in [1.54, 1.807) is 31.4 Å². The fourth-order valence-corrected chi connectivity index (χ4v) is 1.64. The van der Waals surface area contributed by atoms with Crippen LogP contribution in [0.2, 0.25) is 0 Å². The van der Waals surface area contributed by atoms with Gasteiger partial charge in [0.15, 0.2) is 6.10 Å². The topological polar surface area (TPSA) is 99.1 Å². The van der Waals surface area contributed by atoms with E-state index in [0.29, 0.717) is 5.75 Å². The first kappa shape index (κ1) is 17.5. The van der Waals surface area contributed by atoms with Crippen molar-refractivity contribution in [3.63, 3.8) is 0 Å². The van der Waals surface area contributed by atoms with Gasteiger partial charge in [-0.05, 0) is 17.7 Å². The number of benzene rings is 1. The number of hydrogen-bond donors (Lipinski definition) is 1. The number of esters is 2. The minimum Gasteiger partial charge on any atom is -0.497 e. The summed E-state index contributed by atoms with van der Waals surface area (Å²) >= 11 is 0. The first-order valence-electron chi connectivity index (χ1n) is 6.61. The van der Waals surface area contributed by atoms with Crippen LogP contribution in [0, 0.1) is 0 Å². The third kappa shape index (κ3) is 6.25. The van der Waals surface area contributed by atoms with Crippen molar-refractivity contribution in [2.75, 3.05) is 7.11 Å². The van der Waals surface area contributed by atoms with Gasteiger partial charge in [0.05, 0.1) is 7.11 Å². The Bertz CT molecular complexity index is 521. The Hall–Kier alpha value is -2.57. The molecule has 1 aromatic carbocycles. The van der Waals surface area contributed by atoms with Crippen molar-refractivity contribution in [1.82, 2.24) is 0 Å². The Morgan fingerprint density at radius 3 is 2.32 bits per heavy atom. The summed E-state index contributed by atoms with van der Waals surface area (Å²) in [6.45, 7) is 1.19. The molecular weight excluding hydrogens is 292 g/mol. The predicted molar refractivity (Wildman–Crippen MR) is 75.2 cm³/mol. The summed E-state index contributed by atoms with van der Waals surface area (Å²) in [4.78, 5) is 33.2. The Kier molecular flexibility index (Phi) is 6.88. The fraction of sp³-hybridized carbons (Fsp3) is 0.400. The second-order valence-electron chi connectivity index (χ2n) is 4.48. The summed E-state index contributed by atoms with van der Waals surface area (Å²) in [5, 5.41) is 8.85. The van der Waals surface area contributed by atoms with Gasteiger partial charge in [-0.25, -0.2) is 4.79 Å². The highest BCUT2D eigenvalue weighted by Crippen LogP contribution is 2.12. The van der Waals surface area contributed by atoms with Gasteiger partial charge in [0.25, 0.3) is 0 Å². The largest absolute Gasteiger partial charge is 0.497 e. The molecule has 1 rings (SSSR count). The Morgan fingerprint density at radius 2 is 1.82 bits per heavy atom. The first-order valence-corrected chi connectivity index (χ1v) is 6.61. The maximum atomic E-state index is 11.6. The van der Waals surface area contributed by atoms with Crippen molar-refractivity contribution in [2.24, 2.45) is 0 Å². The summed E-state index contributed by atoms with van der Waals surface area (Å²) in [6.07, 6.45) is -1.62. The normalized spacial score (nSPS) is 11.4. The smallest absolute Gasteiger partial charge is 0.345 e. The van der Waals surface area contributed by atoms with Gasteiger partial charge in [0.2, 0.25) is 0 Å². The molecule has 1 aromatic rings. The summed E-state index contributed by atoms with van der Waals surface area (Å²) in [5.41, 5.74) is 0.781. The highest BCUT2D eigenvalue weighted by Gasteiger charge is 2.22. The van der Waals surface area contributed by atoms with E-state index in [2.05, 4.69) is 4.74 Å². The molecular formula is C15H18O7. The summed E-state index contributed by atoms with van der Waals surface area (Å²) in [5.74, 6) is -1.87. The molecule has 0 aliphatic rings. The van der Waals surface area contributed by atoms with Crippen molar-refractivity contribution in [1.29, 1.82) is 0 Å². The van der Waals surface area contributed by atoms with Crippen LogP contribution in [0.3, 0.4) is 0 Å². The van der Waals surface area contributed by atoms with Gasteiger partial charge < -0.3 is 19.3 Å². The molecule has 1 atom stereocenters. The Labute approximate surface area is 127 Å². The van der Waals surface area contributed by atoms with Crippen molar-refractivity contribution in [3.05, 3.63) is 29.8 Å². The molecule has 1 N–H and O–H groups in total. The van der Waals surface area contributed by atoms with Crippen LogP contribution in [0.5, 0.6) is 5.75 Å². The molecule has 120 valence electrons. The Morgan fingerprint density at radius 1 is 1.18 bits per heavy atom. The van der Waals surface area contributed by atoms with Gasteiger partial charge in [-0.3, -0.25) is 9.59 Å². The van der Waals surface area contributed by atoms with E-state index in [1.807, 2.05) is 0 Å². The average molecular weight is 310 g/mol. The lowest BCUT2D eigenvalue weighted by Gasteiger charge is -2.12. The van der Waals surface area contributed by atoms with Crippen LogP contribution in [-0.2, 0) is 30.5 Å². The highest BCUT2D eigenvalue weighted by atomic mass is 16.6. The van der Waals surface area contributed by atoms with Crippen molar-refractivity contribution in [2.45, 2.75) is 32.5 Å². The zero-order valence-electron chi connectivity index (χ0n) is 12.4. The van der Waals surface area contributed by atoms with Crippen LogP contribution in [0.4, 0.5) is 0 Å². The molecule has 0 spiro atoms. The standard InChI is InChI=1S/C15H18O7/c1-10(16)22-13(15(18)19)7-8-14(17)21-9-11-3-5-12(20-2)6-4-11/h3-6,13H,7-9H2,1-2H3,(H,18,19). The number of carboxylic acids is 1.